The first kappa shape index (κ1) is 27.0. The van der Waals surface area contributed by atoms with Crippen LogP contribution in [-0.4, -0.2) is 36.9 Å². The Kier molecular flexibility index (Phi) is 9.17. The van der Waals surface area contributed by atoms with Gasteiger partial charge in [0.15, 0.2) is 11.5 Å². The smallest absolute Gasteiger partial charge is 0.266 e. The van der Waals surface area contributed by atoms with Crippen LogP contribution < -0.4 is 14.8 Å². The summed E-state index contributed by atoms with van der Waals surface area (Å²) in [6.45, 7) is 1.93. The second-order valence-electron chi connectivity index (χ2n) is 8.88. The molecule has 3 aromatic carbocycles. The van der Waals surface area contributed by atoms with E-state index in [1.807, 2.05) is 35.2 Å². The summed E-state index contributed by atoms with van der Waals surface area (Å²) in [7, 11) is 1.53. The molecule has 3 aromatic rings. The predicted molar refractivity (Wildman–Crippen MR) is 150 cm³/mol. The minimum absolute atomic E-state index is 0.0390. The Labute approximate surface area is 230 Å². The molecule has 0 atom stereocenters. The summed E-state index contributed by atoms with van der Waals surface area (Å²) < 4.78 is 12.3. The van der Waals surface area contributed by atoms with Crippen molar-refractivity contribution in [2.24, 2.45) is 0 Å². The molecule has 2 amide bonds. The van der Waals surface area contributed by atoms with Gasteiger partial charge in [0.25, 0.3) is 11.8 Å². The van der Waals surface area contributed by atoms with Crippen molar-refractivity contribution in [1.82, 2.24) is 4.90 Å². The predicted octanol–water partition coefficient (Wildman–Crippen LogP) is 6.21. The molecule has 0 radical (unpaired) electrons. The molecule has 8 heteroatoms. The third-order valence-electron chi connectivity index (χ3n) is 6.20. The number of carbonyl (C=O) groups is 2. The van der Waals surface area contributed by atoms with Crippen LogP contribution in [0.2, 0.25) is 0 Å². The summed E-state index contributed by atoms with van der Waals surface area (Å²) in [5.74, 6) is 0.568. The van der Waals surface area contributed by atoms with E-state index < -0.39 is 5.91 Å². The fourth-order valence-electron chi connectivity index (χ4n) is 4.12. The number of nitrogens with one attached hydrogen (secondary N) is 1. The molecule has 38 heavy (non-hydrogen) atoms. The third-order valence-corrected chi connectivity index (χ3v) is 6.73. The number of anilines is 1. The lowest BCUT2D eigenvalue weighted by Gasteiger charge is -2.26. The van der Waals surface area contributed by atoms with Crippen molar-refractivity contribution in [2.75, 3.05) is 25.5 Å². The van der Waals surface area contributed by atoms with E-state index in [-0.39, 0.29) is 11.5 Å². The topological polar surface area (TPSA) is 91.7 Å². The van der Waals surface area contributed by atoms with E-state index in [9.17, 15) is 14.9 Å². The van der Waals surface area contributed by atoms with Crippen molar-refractivity contribution in [3.63, 3.8) is 0 Å². The summed E-state index contributed by atoms with van der Waals surface area (Å²) in [5.41, 5.74) is 2.77. The number of likely N-dealkylation sites (tertiary alicyclic amines) is 1. The minimum atomic E-state index is -0.503. The molecular weight excluding hydrogens is 546 g/mol. The Morgan fingerprint density at radius 2 is 1.71 bits per heavy atom. The Morgan fingerprint density at radius 3 is 2.37 bits per heavy atom. The van der Waals surface area contributed by atoms with Crippen LogP contribution in [0.25, 0.3) is 6.08 Å². The van der Waals surface area contributed by atoms with Gasteiger partial charge in [-0.3, -0.25) is 9.59 Å². The number of rotatable bonds is 8. The summed E-state index contributed by atoms with van der Waals surface area (Å²) in [5, 5.41) is 12.3. The maximum absolute atomic E-state index is 12.7. The molecule has 0 unspecified atom stereocenters. The minimum Gasteiger partial charge on any atom is -0.493 e. The summed E-state index contributed by atoms with van der Waals surface area (Å²) in [6, 6.07) is 21.7. The zero-order valence-corrected chi connectivity index (χ0v) is 22.7. The van der Waals surface area contributed by atoms with Crippen LogP contribution in [-0.2, 0) is 11.4 Å². The van der Waals surface area contributed by atoms with E-state index in [0.717, 1.165) is 36.0 Å². The van der Waals surface area contributed by atoms with Gasteiger partial charge in [-0.15, -0.1) is 0 Å². The number of benzene rings is 3. The fourth-order valence-corrected chi connectivity index (χ4v) is 4.39. The zero-order chi connectivity index (χ0) is 26.9. The van der Waals surface area contributed by atoms with Crippen LogP contribution in [0.4, 0.5) is 5.69 Å². The molecule has 0 spiro atoms. The summed E-state index contributed by atoms with van der Waals surface area (Å²) in [4.78, 5) is 27.2. The first-order chi connectivity index (χ1) is 18.5. The molecule has 0 bridgehead atoms. The van der Waals surface area contributed by atoms with Crippen LogP contribution in [0, 0.1) is 11.3 Å². The van der Waals surface area contributed by atoms with Crippen molar-refractivity contribution in [3.05, 3.63) is 93.5 Å². The lowest BCUT2D eigenvalue weighted by Crippen LogP contribution is -2.35. The van der Waals surface area contributed by atoms with Crippen LogP contribution >= 0.6 is 15.9 Å². The lowest BCUT2D eigenvalue weighted by molar-refractivity contribution is -0.112. The molecule has 1 aliphatic rings. The van der Waals surface area contributed by atoms with Crippen LogP contribution in [0.3, 0.4) is 0 Å². The van der Waals surface area contributed by atoms with Crippen LogP contribution in [0.1, 0.15) is 40.7 Å². The highest BCUT2D eigenvalue weighted by Gasteiger charge is 2.18. The molecule has 7 nitrogen and oxygen atoms in total. The van der Waals surface area contributed by atoms with Gasteiger partial charge in [-0.2, -0.15) is 5.26 Å². The van der Waals surface area contributed by atoms with Gasteiger partial charge in [0, 0.05) is 28.8 Å². The lowest BCUT2D eigenvalue weighted by atomic mass is 10.1. The summed E-state index contributed by atoms with van der Waals surface area (Å²) >= 11 is 3.35. The maximum atomic E-state index is 12.7. The van der Waals surface area contributed by atoms with Gasteiger partial charge in [-0.05, 0) is 85.0 Å². The van der Waals surface area contributed by atoms with Crippen LogP contribution in [0.15, 0.2) is 76.8 Å². The molecule has 0 saturated carbocycles. The van der Waals surface area contributed by atoms with Gasteiger partial charge in [0.1, 0.15) is 18.2 Å². The van der Waals surface area contributed by atoms with Gasteiger partial charge in [0.2, 0.25) is 0 Å². The highest BCUT2D eigenvalue weighted by atomic mass is 79.9. The number of methoxy groups -OCH3 is 1. The SMILES string of the molecule is COc1cc(/C=C(/C#N)C(=O)Nc2ccc(Br)cc2)ccc1OCc1ccc(C(=O)N2CCCCC2)cc1. The molecule has 1 heterocycles. The molecule has 194 valence electrons. The zero-order valence-electron chi connectivity index (χ0n) is 21.1. The van der Waals surface area contributed by atoms with E-state index in [0.29, 0.717) is 34.9 Å². The Balaban J connectivity index is 1.40. The highest BCUT2D eigenvalue weighted by Crippen LogP contribution is 2.30. The van der Waals surface area contributed by atoms with Gasteiger partial charge in [0.05, 0.1) is 7.11 Å². The number of nitriles is 1. The second-order valence-corrected chi connectivity index (χ2v) is 9.80. The second kappa shape index (κ2) is 12.9. The molecule has 1 fully saturated rings. The fraction of sp³-hybridized carbons (Fsp3) is 0.233. The van der Waals surface area contributed by atoms with E-state index in [1.54, 1.807) is 42.5 Å². The molecule has 1 saturated heterocycles. The summed E-state index contributed by atoms with van der Waals surface area (Å²) in [6.07, 6.45) is 4.80. The van der Waals surface area contributed by atoms with Crippen molar-refractivity contribution < 1.29 is 19.1 Å². The average molecular weight is 574 g/mol. The van der Waals surface area contributed by atoms with Gasteiger partial charge >= 0.3 is 0 Å². The van der Waals surface area contributed by atoms with E-state index in [4.69, 9.17) is 9.47 Å². The number of piperidine rings is 1. The average Bonchev–Trinajstić information content (AvgIpc) is 2.96. The van der Waals surface area contributed by atoms with Gasteiger partial charge in [-0.25, -0.2) is 0 Å². The molecule has 0 aromatic heterocycles. The largest absolute Gasteiger partial charge is 0.493 e. The number of halogens is 1. The molecular formula is C30H28BrN3O4. The number of carbonyl (C=O) groups excluding carboxylic acids is 2. The standard InChI is InChI=1S/C30H28BrN3O4/c1-37-28-18-22(17-24(19-32)29(35)33-26-12-10-25(31)11-13-26)7-14-27(28)38-20-21-5-8-23(9-6-21)30(36)34-15-3-2-4-16-34/h5-14,17-18H,2-4,15-16,20H2,1H3,(H,33,35)/b24-17-. The van der Waals surface area contributed by atoms with Gasteiger partial charge < -0.3 is 19.7 Å². The van der Waals surface area contributed by atoms with Crippen molar-refractivity contribution >= 4 is 39.5 Å². The Morgan fingerprint density at radius 1 is 1.00 bits per heavy atom. The van der Waals surface area contributed by atoms with E-state index in [2.05, 4.69) is 21.2 Å². The highest BCUT2D eigenvalue weighted by molar-refractivity contribution is 9.10. The first-order valence-corrected chi connectivity index (χ1v) is 13.1. The molecule has 4 rings (SSSR count). The first-order valence-electron chi connectivity index (χ1n) is 12.3. The Bertz CT molecular complexity index is 1360. The van der Waals surface area contributed by atoms with Crippen molar-refractivity contribution in [3.8, 4) is 17.6 Å². The van der Waals surface area contributed by atoms with E-state index >= 15 is 0 Å². The molecule has 0 aliphatic carbocycles. The van der Waals surface area contributed by atoms with Crippen molar-refractivity contribution in [2.45, 2.75) is 25.9 Å². The molecule has 1 aliphatic heterocycles. The van der Waals surface area contributed by atoms with E-state index in [1.165, 1.54) is 19.6 Å². The number of amides is 2. The number of hydrogen-bond donors (Lipinski definition) is 1. The maximum Gasteiger partial charge on any atom is 0.266 e. The monoisotopic (exact) mass is 573 g/mol. The number of nitrogens with zero attached hydrogens (tertiary/aromatic N) is 2. The normalized spacial score (nSPS) is 13.4. The number of hydrogen-bond acceptors (Lipinski definition) is 5. The molecule has 1 N–H and O–H groups in total. The number of ether oxygens (including phenoxy) is 2. The van der Waals surface area contributed by atoms with Crippen LogP contribution in [0.5, 0.6) is 11.5 Å². The van der Waals surface area contributed by atoms with Crippen molar-refractivity contribution in [1.29, 1.82) is 5.26 Å². The quantitative estimate of drug-likeness (QED) is 0.255. The Hall–Kier alpha value is -4.09. The third kappa shape index (κ3) is 7.02. The van der Waals surface area contributed by atoms with Gasteiger partial charge in [-0.1, -0.05) is 34.1 Å².